The Hall–Kier alpha value is -0.640. The normalized spacial score (nSPS) is 10.2. The summed E-state index contributed by atoms with van der Waals surface area (Å²) in [4.78, 5) is 4.30. The molecule has 1 N–H and O–H groups in total. The Labute approximate surface area is 77.4 Å². The summed E-state index contributed by atoms with van der Waals surface area (Å²) >= 11 is 1.45. The van der Waals surface area contributed by atoms with Crippen LogP contribution >= 0.6 is 11.5 Å². The molecule has 1 heterocycles. The second kappa shape index (κ2) is 5.09. The van der Waals surface area contributed by atoms with E-state index in [-0.39, 0.29) is 0 Å². The number of hydrogen-bond donors (Lipinski definition) is 1. The van der Waals surface area contributed by atoms with Gasteiger partial charge in [-0.2, -0.15) is 4.37 Å². The minimum atomic E-state index is 0.923. The van der Waals surface area contributed by atoms with E-state index in [4.69, 9.17) is 0 Å². The Morgan fingerprint density at radius 1 is 1.42 bits per heavy atom. The predicted octanol–water partition coefficient (Wildman–Crippen LogP) is 2.31. The Morgan fingerprint density at radius 2 is 2.25 bits per heavy atom. The summed E-state index contributed by atoms with van der Waals surface area (Å²) < 4.78 is 4.18. The van der Waals surface area contributed by atoms with Crippen molar-refractivity contribution >= 4 is 16.7 Å². The van der Waals surface area contributed by atoms with E-state index in [0.29, 0.717) is 0 Å². The Bertz CT molecular complexity index is 222. The molecule has 0 bridgehead atoms. The first kappa shape index (κ1) is 9.45. The van der Waals surface area contributed by atoms with Gasteiger partial charge in [-0.1, -0.05) is 20.3 Å². The van der Waals surface area contributed by atoms with Gasteiger partial charge in [0.05, 0.1) is 0 Å². The van der Waals surface area contributed by atoms with Crippen molar-refractivity contribution in [1.29, 1.82) is 0 Å². The van der Waals surface area contributed by atoms with Crippen LogP contribution < -0.4 is 5.32 Å². The predicted molar refractivity (Wildman–Crippen MR) is 52.7 cm³/mol. The molecule has 1 aromatic heterocycles. The molecule has 0 unspecified atom stereocenters. The topological polar surface area (TPSA) is 37.8 Å². The van der Waals surface area contributed by atoms with Crippen molar-refractivity contribution in [2.24, 2.45) is 0 Å². The first-order valence-electron chi connectivity index (χ1n) is 4.43. The molecule has 0 amide bonds. The minimum absolute atomic E-state index is 0.923. The third-order valence-electron chi connectivity index (χ3n) is 1.59. The summed E-state index contributed by atoms with van der Waals surface area (Å²) in [5.74, 6) is 0.944. The fraction of sp³-hybridized carbons (Fsp3) is 0.750. The van der Waals surface area contributed by atoms with Crippen LogP contribution in [0.4, 0.5) is 5.13 Å². The Morgan fingerprint density at radius 3 is 2.83 bits per heavy atom. The largest absolute Gasteiger partial charge is 0.360 e. The number of aromatic nitrogens is 2. The average molecular weight is 185 g/mol. The van der Waals surface area contributed by atoms with E-state index in [9.17, 15) is 0 Å². The Balaban J connectivity index is 2.31. The molecule has 4 heteroatoms. The molecule has 68 valence electrons. The van der Waals surface area contributed by atoms with Crippen LogP contribution in [0, 0.1) is 0 Å². The first-order chi connectivity index (χ1) is 5.86. The molecule has 0 aliphatic rings. The smallest absolute Gasteiger partial charge is 0.202 e. The van der Waals surface area contributed by atoms with Gasteiger partial charge in [-0.05, 0) is 6.42 Å². The summed E-state index contributed by atoms with van der Waals surface area (Å²) in [7, 11) is 0. The standard InChI is InChI=1S/C8H15N3S/c1-3-5-6-9-8-10-7(4-2)11-12-8/h3-6H2,1-2H3,(H,9,10,11). The number of nitrogens with zero attached hydrogens (tertiary/aromatic N) is 2. The lowest BCUT2D eigenvalue weighted by molar-refractivity contribution is 0.832. The van der Waals surface area contributed by atoms with Crippen molar-refractivity contribution in [2.45, 2.75) is 33.1 Å². The maximum atomic E-state index is 4.30. The number of anilines is 1. The van der Waals surface area contributed by atoms with Gasteiger partial charge in [-0.15, -0.1) is 0 Å². The number of rotatable bonds is 5. The van der Waals surface area contributed by atoms with Crippen molar-refractivity contribution in [3.8, 4) is 0 Å². The lowest BCUT2D eigenvalue weighted by Crippen LogP contribution is -2.00. The molecule has 0 fully saturated rings. The van der Waals surface area contributed by atoms with Gasteiger partial charge in [0.25, 0.3) is 0 Å². The summed E-state index contributed by atoms with van der Waals surface area (Å²) in [5, 5.41) is 4.20. The summed E-state index contributed by atoms with van der Waals surface area (Å²) in [6, 6.07) is 0. The van der Waals surface area contributed by atoms with E-state index in [2.05, 4.69) is 28.5 Å². The molecular weight excluding hydrogens is 170 g/mol. The van der Waals surface area contributed by atoms with Crippen LogP contribution in [0.5, 0.6) is 0 Å². The minimum Gasteiger partial charge on any atom is -0.360 e. The van der Waals surface area contributed by atoms with Gasteiger partial charge < -0.3 is 5.32 Å². The van der Waals surface area contributed by atoms with Gasteiger partial charge in [0.2, 0.25) is 5.13 Å². The van der Waals surface area contributed by atoms with Crippen LogP contribution in [0.25, 0.3) is 0 Å². The van der Waals surface area contributed by atoms with Crippen LogP contribution in [0.3, 0.4) is 0 Å². The molecule has 0 aromatic carbocycles. The van der Waals surface area contributed by atoms with Gasteiger partial charge in [-0.25, -0.2) is 4.98 Å². The van der Waals surface area contributed by atoms with Crippen molar-refractivity contribution in [2.75, 3.05) is 11.9 Å². The number of hydrogen-bond acceptors (Lipinski definition) is 4. The lowest BCUT2D eigenvalue weighted by Gasteiger charge is -1.97. The van der Waals surface area contributed by atoms with Gasteiger partial charge in [0.15, 0.2) is 0 Å². The van der Waals surface area contributed by atoms with Crippen LogP contribution in [0.1, 0.15) is 32.5 Å². The van der Waals surface area contributed by atoms with E-state index in [1.54, 1.807) is 0 Å². The van der Waals surface area contributed by atoms with E-state index < -0.39 is 0 Å². The fourth-order valence-corrected chi connectivity index (χ4v) is 1.52. The molecule has 3 nitrogen and oxygen atoms in total. The lowest BCUT2D eigenvalue weighted by atomic mass is 10.3. The molecule has 1 aromatic rings. The van der Waals surface area contributed by atoms with E-state index >= 15 is 0 Å². The monoisotopic (exact) mass is 185 g/mol. The highest BCUT2D eigenvalue weighted by molar-refractivity contribution is 7.09. The summed E-state index contributed by atoms with van der Waals surface area (Å²) in [5.41, 5.74) is 0. The first-order valence-corrected chi connectivity index (χ1v) is 5.20. The summed E-state index contributed by atoms with van der Waals surface area (Å²) in [6.07, 6.45) is 3.33. The van der Waals surface area contributed by atoms with E-state index in [1.807, 2.05) is 0 Å². The zero-order valence-corrected chi connectivity index (χ0v) is 8.45. The molecule has 1 rings (SSSR count). The summed E-state index contributed by atoms with van der Waals surface area (Å²) in [6.45, 7) is 5.26. The van der Waals surface area contributed by atoms with Crippen molar-refractivity contribution in [3.63, 3.8) is 0 Å². The molecule has 0 aliphatic heterocycles. The van der Waals surface area contributed by atoms with Crippen molar-refractivity contribution < 1.29 is 0 Å². The molecule has 0 radical (unpaired) electrons. The average Bonchev–Trinajstić information content (AvgIpc) is 2.53. The second-order valence-corrected chi connectivity index (χ2v) is 3.40. The highest BCUT2D eigenvalue weighted by Crippen LogP contribution is 2.10. The molecule has 0 saturated heterocycles. The highest BCUT2D eigenvalue weighted by atomic mass is 32.1. The zero-order chi connectivity index (χ0) is 8.81. The Kier molecular flexibility index (Phi) is 4.00. The van der Waals surface area contributed by atoms with Crippen molar-refractivity contribution in [1.82, 2.24) is 9.36 Å². The maximum absolute atomic E-state index is 4.30. The quantitative estimate of drug-likeness (QED) is 0.715. The zero-order valence-electron chi connectivity index (χ0n) is 7.63. The molecule has 12 heavy (non-hydrogen) atoms. The molecule has 0 spiro atoms. The van der Waals surface area contributed by atoms with Gasteiger partial charge in [-0.3, -0.25) is 0 Å². The number of nitrogens with one attached hydrogen (secondary N) is 1. The van der Waals surface area contributed by atoms with Crippen LogP contribution in [0.15, 0.2) is 0 Å². The van der Waals surface area contributed by atoms with Gasteiger partial charge in [0.1, 0.15) is 5.82 Å². The van der Waals surface area contributed by atoms with Crippen LogP contribution in [0.2, 0.25) is 0 Å². The molecule has 0 saturated carbocycles. The van der Waals surface area contributed by atoms with Crippen molar-refractivity contribution in [3.05, 3.63) is 5.82 Å². The van der Waals surface area contributed by atoms with E-state index in [1.165, 1.54) is 24.4 Å². The molecule has 0 aliphatic carbocycles. The third-order valence-corrected chi connectivity index (χ3v) is 2.30. The fourth-order valence-electron chi connectivity index (χ4n) is 0.841. The van der Waals surface area contributed by atoms with Gasteiger partial charge in [0, 0.05) is 24.5 Å². The second-order valence-electron chi connectivity index (χ2n) is 2.65. The SMILES string of the molecule is CCCCNc1nc(CC)ns1. The van der Waals surface area contributed by atoms with E-state index in [0.717, 1.165) is 23.9 Å². The van der Waals surface area contributed by atoms with Crippen LogP contribution in [-0.2, 0) is 6.42 Å². The third kappa shape index (κ3) is 2.77. The highest BCUT2D eigenvalue weighted by Gasteiger charge is 1.99. The number of aryl methyl sites for hydroxylation is 1. The van der Waals surface area contributed by atoms with Crippen LogP contribution in [-0.4, -0.2) is 15.9 Å². The molecular formula is C8H15N3S. The number of unbranched alkanes of at least 4 members (excludes halogenated alkanes) is 1. The van der Waals surface area contributed by atoms with Gasteiger partial charge >= 0.3 is 0 Å². The molecule has 0 atom stereocenters. The maximum Gasteiger partial charge on any atom is 0.202 e.